The summed E-state index contributed by atoms with van der Waals surface area (Å²) in [7, 11) is 5.62. The number of rotatable bonds is 8. The van der Waals surface area contributed by atoms with Crippen LogP contribution in [0.25, 0.3) is 0 Å². The smallest absolute Gasteiger partial charge is 0.248 e. The molecule has 0 saturated heterocycles. The Morgan fingerprint density at radius 2 is 1.92 bits per heavy atom. The van der Waals surface area contributed by atoms with Gasteiger partial charge in [0.1, 0.15) is 0 Å². The Labute approximate surface area is 143 Å². The van der Waals surface area contributed by atoms with Crippen LogP contribution < -0.4 is 16.0 Å². The first kappa shape index (κ1) is 17.8. The Bertz CT molecular complexity index is 672. The number of primary amides is 1. The molecule has 0 saturated carbocycles. The van der Waals surface area contributed by atoms with E-state index >= 15 is 0 Å². The second-order valence-electron chi connectivity index (χ2n) is 5.98. The average molecular weight is 327 g/mol. The number of methoxy groups -OCH3 is 1. The molecule has 0 aliphatic rings. The molecule has 0 radical (unpaired) electrons. The molecule has 0 fully saturated rings. The van der Waals surface area contributed by atoms with Crippen LogP contribution in [0.15, 0.2) is 48.5 Å². The fourth-order valence-corrected chi connectivity index (χ4v) is 2.67. The third-order valence-corrected chi connectivity index (χ3v) is 3.82. The third kappa shape index (κ3) is 4.73. The quantitative estimate of drug-likeness (QED) is 0.782. The van der Waals surface area contributed by atoms with E-state index < -0.39 is 5.91 Å². The SMILES string of the molecule is COCC(Cc1ccccc1)Nc1cc(C(N)=O)ccc1N(C)C. The molecule has 1 unspecified atom stereocenters. The molecule has 0 bridgehead atoms. The summed E-state index contributed by atoms with van der Waals surface area (Å²) in [6, 6.07) is 15.8. The number of amides is 1. The largest absolute Gasteiger partial charge is 0.383 e. The van der Waals surface area contributed by atoms with Gasteiger partial charge in [-0.3, -0.25) is 4.79 Å². The van der Waals surface area contributed by atoms with Crippen molar-refractivity contribution in [1.29, 1.82) is 0 Å². The minimum absolute atomic E-state index is 0.0826. The highest BCUT2D eigenvalue weighted by Gasteiger charge is 2.14. The minimum Gasteiger partial charge on any atom is -0.383 e. The molecule has 0 heterocycles. The van der Waals surface area contributed by atoms with E-state index in [2.05, 4.69) is 17.4 Å². The van der Waals surface area contributed by atoms with Gasteiger partial charge in [0.25, 0.3) is 0 Å². The van der Waals surface area contributed by atoms with E-state index in [0.29, 0.717) is 12.2 Å². The molecule has 2 aromatic carbocycles. The van der Waals surface area contributed by atoms with Gasteiger partial charge in [0.15, 0.2) is 0 Å². The standard InChI is InChI=1S/C19H25N3O2/c1-22(2)18-10-9-15(19(20)23)12-17(18)21-16(13-24-3)11-14-7-5-4-6-8-14/h4-10,12,16,21H,11,13H2,1-3H3,(H2,20,23). The Kier molecular flexibility index (Phi) is 6.21. The number of benzene rings is 2. The van der Waals surface area contributed by atoms with Crippen molar-refractivity contribution in [2.45, 2.75) is 12.5 Å². The van der Waals surface area contributed by atoms with Crippen molar-refractivity contribution in [2.24, 2.45) is 5.73 Å². The van der Waals surface area contributed by atoms with Crippen molar-refractivity contribution in [3.63, 3.8) is 0 Å². The monoisotopic (exact) mass is 327 g/mol. The van der Waals surface area contributed by atoms with E-state index in [-0.39, 0.29) is 6.04 Å². The van der Waals surface area contributed by atoms with Crippen molar-refractivity contribution in [1.82, 2.24) is 0 Å². The molecule has 0 spiro atoms. The molecule has 0 aliphatic heterocycles. The summed E-state index contributed by atoms with van der Waals surface area (Å²) in [5, 5.41) is 3.50. The zero-order chi connectivity index (χ0) is 17.5. The number of anilines is 2. The number of ether oxygens (including phenoxy) is 1. The van der Waals surface area contributed by atoms with Crippen molar-refractivity contribution < 1.29 is 9.53 Å². The first-order valence-corrected chi connectivity index (χ1v) is 7.92. The van der Waals surface area contributed by atoms with Crippen LogP contribution in [-0.4, -0.2) is 39.8 Å². The Morgan fingerprint density at radius 1 is 1.21 bits per heavy atom. The number of carbonyl (C=O) groups is 1. The third-order valence-electron chi connectivity index (χ3n) is 3.82. The average Bonchev–Trinajstić information content (AvgIpc) is 2.55. The summed E-state index contributed by atoms with van der Waals surface area (Å²) in [5.41, 5.74) is 8.99. The van der Waals surface area contributed by atoms with E-state index in [4.69, 9.17) is 10.5 Å². The fraction of sp³-hybridized carbons (Fsp3) is 0.316. The first-order chi connectivity index (χ1) is 11.5. The molecule has 3 N–H and O–H groups in total. The summed E-state index contributed by atoms with van der Waals surface area (Å²) in [4.78, 5) is 13.5. The van der Waals surface area contributed by atoms with Crippen LogP contribution in [0.1, 0.15) is 15.9 Å². The topological polar surface area (TPSA) is 67.6 Å². The Morgan fingerprint density at radius 3 is 2.50 bits per heavy atom. The number of nitrogens with one attached hydrogen (secondary N) is 1. The van der Waals surface area contributed by atoms with Crippen LogP contribution in [0.5, 0.6) is 0 Å². The van der Waals surface area contributed by atoms with Crippen molar-refractivity contribution >= 4 is 17.3 Å². The number of carbonyl (C=O) groups excluding carboxylic acids is 1. The van der Waals surface area contributed by atoms with Crippen LogP contribution in [0.4, 0.5) is 11.4 Å². The van der Waals surface area contributed by atoms with Crippen LogP contribution in [0, 0.1) is 0 Å². The first-order valence-electron chi connectivity index (χ1n) is 7.92. The predicted molar refractivity (Wildman–Crippen MR) is 98.7 cm³/mol. The van der Waals surface area contributed by atoms with Crippen molar-refractivity contribution in [3.8, 4) is 0 Å². The van der Waals surface area contributed by atoms with Gasteiger partial charge in [-0.05, 0) is 30.2 Å². The molecule has 2 aromatic rings. The molecule has 5 nitrogen and oxygen atoms in total. The molecule has 5 heteroatoms. The molecule has 128 valence electrons. The highest BCUT2D eigenvalue weighted by molar-refractivity contribution is 5.95. The summed E-state index contributed by atoms with van der Waals surface area (Å²) in [6.07, 6.45) is 0.822. The van der Waals surface area contributed by atoms with Gasteiger partial charge in [-0.1, -0.05) is 30.3 Å². The van der Waals surface area contributed by atoms with E-state index in [9.17, 15) is 4.79 Å². The number of nitrogens with zero attached hydrogens (tertiary/aromatic N) is 1. The van der Waals surface area contributed by atoms with E-state index in [1.807, 2.05) is 43.3 Å². The lowest BCUT2D eigenvalue weighted by molar-refractivity contribution is 0.100. The van der Waals surface area contributed by atoms with Gasteiger partial charge in [0, 0.05) is 26.8 Å². The van der Waals surface area contributed by atoms with Gasteiger partial charge >= 0.3 is 0 Å². The lowest BCUT2D eigenvalue weighted by Gasteiger charge is -2.24. The van der Waals surface area contributed by atoms with Crippen molar-refractivity contribution in [3.05, 3.63) is 59.7 Å². The zero-order valence-corrected chi connectivity index (χ0v) is 14.5. The van der Waals surface area contributed by atoms with Gasteiger partial charge in [-0.25, -0.2) is 0 Å². The van der Waals surface area contributed by atoms with Crippen LogP contribution in [0.2, 0.25) is 0 Å². The fourth-order valence-electron chi connectivity index (χ4n) is 2.67. The molecule has 1 atom stereocenters. The van der Waals surface area contributed by atoms with Crippen LogP contribution >= 0.6 is 0 Å². The second kappa shape index (κ2) is 8.36. The molecule has 0 aliphatic carbocycles. The predicted octanol–water partition coefficient (Wildman–Crippen LogP) is 2.52. The van der Waals surface area contributed by atoms with Gasteiger partial charge in [-0.2, -0.15) is 0 Å². The highest BCUT2D eigenvalue weighted by Crippen LogP contribution is 2.27. The summed E-state index contributed by atoms with van der Waals surface area (Å²) >= 11 is 0. The molecule has 24 heavy (non-hydrogen) atoms. The van der Waals surface area contributed by atoms with Gasteiger partial charge in [-0.15, -0.1) is 0 Å². The number of hydrogen-bond acceptors (Lipinski definition) is 4. The van der Waals surface area contributed by atoms with E-state index in [1.54, 1.807) is 19.2 Å². The molecular weight excluding hydrogens is 302 g/mol. The Hall–Kier alpha value is -2.53. The molecule has 2 rings (SSSR count). The second-order valence-corrected chi connectivity index (χ2v) is 5.98. The molecule has 1 amide bonds. The summed E-state index contributed by atoms with van der Waals surface area (Å²) < 4.78 is 5.36. The van der Waals surface area contributed by atoms with E-state index in [1.165, 1.54) is 5.56 Å². The zero-order valence-electron chi connectivity index (χ0n) is 14.5. The van der Waals surface area contributed by atoms with Crippen LogP contribution in [-0.2, 0) is 11.2 Å². The van der Waals surface area contributed by atoms with Crippen molar-refractivity contribution in [2.75, 3.05) is 38.0 Å². The Balaban J connectivity index is 2.26. The number of hydrogen-bond donors (Lipinski definition) is 2. The van der Waals surface area contributed by atoms with Gasteiger partial charge in [0.05, 0.1) is 24.0 Å². The maximum absolute atomic E-state index is 11.5. The van der Waals surface area contributed by atoms with Gasteiger partial charge in [0.2, 0.25) is 5.91 Å². The maximum Gasteiger partial charge on any atom is 0.248 e. The van der Waals surface area contributed by atoms with E-state index in [0.717, 1.165) is 17.8 Å². The highest BCUT2D eigenvalue weighted by atomic mass is 16.5. The normalized spacial score (nSPS) is 11.8. The summed E-state index contributed by atoms with van der Waals surface area (Å²) in [6.45, 7) is 0.558. The lowest BCUT2D eigenvalue weighted by atomic mass is 10.1. The van der Waals surface area contributed by atoms with Gasteiger partial charge < -0.3 is 20.7 Å². The minimum atomic E-state index is -0.435. The molecule has 0 aromatic heterocycles. The molecular formula is C19H25N3O2. The number of nitrogens with two attached hydrogens (primary N) is 1. The maximum atomic E-state index is 11.5. The van der Waals surface area contributed by atoms with Crippen LogP contribution in [0.3, 0.4) is 0 Å². The lowest BCUT2D eigenvalue weighted by Crippen LogP contribution is -2.28. The summed E-state index contributed by atoms with van der Waals surface area (Å²) in [5.74, 6) is -0.435.